The van der Waals surface area contributed by atoms with Crippen LogP contribution in [0.1, 0.15) is 70.3 Å². The zero-order valence-electron chi connectivity index (χ0n) is 26.3. The first kappa shape index (κ1) is 31.1. The van der Waals surface area contributed by atoms with Crippen LogP contribution in [0.4, 0.5) is 0 Å². The highest BCUT2D eigenvalue weighted by atomic mass is 16.7. The second-order valence-corrected chi connectivity index (χ2v) is 12.5. The van der Waals surface area contributed by atoms with E-state index in [-0.39, 0.29) is 36.5 Å². The third-order valence-corrected chi connectivity index (χ3v) is 9.36. The van der Waals surface area contributed by atoms with Gasteiger partial charge in [0.25, 0.3) is 5.91 Å². The zero-order valence-corrected chi connectivity index (χ0v) is 26.3. The summed E-state index contributed by atoms with van der Waals surface area (Å²) in [5, 5.41) is 12.5. The van der Waals surface area contributed by atoms with Gasteiger partial charge in [0.05, 0.1) is 29.8 Å². The van der Waals surface area contributed by atoms with Crippen molar-refractivity contribution in [2.75, 3.05) is 19.6 Å². The summed E-state index contributed by atoms with van der Waals surface area (Å²) in [7, 11) is 0. The molecule has 47 heavy (non-hydrogen) atoms. The van der Waals surface area contributed by atoms with E-state index in [0.717, 1.165) is 65.8 Å². The molecule has 3 N–H and O–H groups in total. The molecule has 2 aliphatic heterocycles. The topological polar surface area (TPSA) is 109 Å². The smallest absolute Gasteiger partial charge is 0.326 e. The molecule has 3 atom stereocenters. The number of imidazole rings is 1. The van der Waals surface area contributed by atoms with Crippen LogP contribution in [0.25, 0.3) is 11.0 Å². The summed E-state index contributed by atoms with van der Waals surface area (Å²) < 4.78 is 15.1. The molecule has 0 radical (unpaired) electrons. The number of likely N-dealkylation sites (tertiary alicyclic amines) is 1. The van der Waals surface area contributed by atoms with E-state index in [4.69, 9.17) is 9.47 Å². The summed E-state index contributed by atoms with van der Waals surface area (Å²) >= 11 is 0. The van der Waals surface area contributed by atoms with Crippen molar-refractivity contribution in [3.8, 4) is 0 Å². The van der Waals surface area contributed by atoms with E-state index in [9.17, 15) is 14.7 Å². The maximum Gasteiger partial charge on any atom is 0.326 e. The van der Waals surface area contributed by atoms with Crippen LogP contribution in [-0.2, 0) is 22.6 Å². The first-order valence-electron chi connectivity index (χ1n) is 16.4. The van der Waals surface area contributed by atoms with Crippen LogP contribution in [-0.4, -0.2) is 51.2 Å². The summed E-state index contributed by atoms with van der Waals surface area (Å²) in [6.45, 7) is 2.94. The molecule has 5 aromatic rings. The molecule has 2 fully saturated rings. The summed E-state index contributed by atoms with van der Waals surface area (Å²) in [5.74, 6) is -0.107. The number of rotatable bonds is 9. The highest BCUT2D eigenvalue weighted by molar-refractivity contribution is 5.94. The van der Waals surface area contributed by atoms with Gasteiger partial charge in [-0.1, -0.05) is 78.9 Å². The van der Waals surface area contributed by atoms with E-state index in [1.807, 2.05) is 95.6 Å². The average molecular weight is 633 g/mol. The normalized spacial score (nSPS) is 20.7. The Morgan fingerprint density at radius 3 is 2.26 bits per heavy atom. The number of fused-ring (bicyclic) bond motifs is 1. The maximum absolute atomic E-state index is 12.8. The minimum absolute atomic E-state index is 0.00105. The number of ether oxygens (including phenoxy) is 2. The van der Waals surface area contributed by atoms with Gasteiger partial charge in [-0.2, -0.15) is 0 Å². The quantitative estimate of drug-likeness (QED) is 0.194. The van der Waals surface area contributed by atoms with Crippen molar-refractivity contribution in [2.45, 2.75) is 57.0 Å². The number of amides is 1. The van der Waals surface area contributed by atoms with Crippen LogP contribution in [0, 0.1) is 0 Å². The largest absolute Gasteiger partial charge is 0.392 e. The Morgan fingerprint density at radius 1 is 0.830 bits per heavy atom. The molecule has 242 valence electrons. The molecule has 1 aromatic heterocycles. The van der Waals surface area contributed by atoms with Crippen molar-refractivity contribution in [1.82, 2.24) is 19.8 Å². The van der Waals surface area contributed by atoms with Crippen LogP contribution in [0.15, 0.2) is 108 Å². The first-order valence-corrected chi connectivity index (χ1v) is 16.4. The van der Waals surface area contributed by atoms with Crippen molar-refractivity contribution in [3.05, 3.63) is 141 Å². The predicted molar refractivity (Wildman–Crippen MR) is 180 cm³/mol. The number of benzene rings is 4. The van der Waals surface area contributed by atoms with Crippen molar-refractivity contribution in [2.24, 2.45) is 0 Å². The standard InChI is InChI=1S/C38H40N4O5/c43-25-27-12-14-28(15-13-27)35-22-32(24-41-20-18-31(19-21-41)42-34-9-5-4-8-33(34)40-38(42)45)46-37(47-35)30-16-10-26(11-17-30)23-39-36(44)29-6-2-1-3-7-29/h1-17,31-32,35,37,43H,18-25H2,(H,39,44)(H,40,45)/t32-,35+,37+/m1/s1. The second-order valence-electron chi connectivity index (χ2n) is 12.5. The second kappa shape index (κ2) is 14.1. The number of H-pyrrole nitrogens is 1. The van der Waals surface area contributed by atoms with E-state index in [1.54, 1.807) is 12.1 Å². The lowest BCUT2D eigenvalue weighted by atomic mass is 9.98. The molecular formula is C38H40N4O5. The van der Waals surface area contributed by atoms with E-state index < -0.39 is 6.29 Å². The molecule has 2 aliphatic rings. The molecule has 2 saturated heterocycles. The van der Waals surface area contributed by atoms with Crippen molar-refractivity contribution in [3.63, 3.8) is 0 Å². The number of aliphatic hydroxyl groups excluding tert-OH is 1. The SMILES string of the molecule is O=C(NCc1ccc([C@H]2O[C@@H](CN3CCC(n4c(=O)[nH]c5ccccc54)CC3)C[C@@H](c3ccc(CO)cc3)O2)cc1)c1ccccc1. The van der Waals surface area contributed by atoms with Crippen LogP contribution in [0.3, 0.4) is 0 Å². The Hall–Kier alpha value is -4.54. The molecule has 9 nitrogen and oxygen atoms in total. The summed E-state index contributed by atoms with van der Waals surface area (Å²) in [4.78, 5) is 30.7. The molecule has 9 heteroatoms. The lowest BCUT2D eigenvalue weighted by molar-refractivity contribution is -0.253. The van der Waals surface area contributed by atoms with Gasteiger partial charge < -0.3 is 29.8 Å². The monoisotopic (exact) mass is 632 g/mol. The molecule has 0 saturated carbocycles. The van der Waals surface area contributed by atoms with Gasteiger partial charge in [-0.25, -0.2) is 4.79 Å². The number of nitrogens with one attached hydrogen (secondary N) is 2. The van der Waals surface area contributed by atoms with E-state index in [1.165, 1.54) is 0 Å². The highest BCUT2D eigenvalue weighted by Gasteiger charge is 2.34. The zero-order chi connectivity index (χ0) is 32.2. The summed E-state index contributed by atoms with van der Waals surface area (Å²) in [6.07, 6.45) is 1.71. The van der Waals surface area contributed by atoms with Gasteiger partial charge in [0.15, 0.2) is 6.29 Å². The summed E-state index contributed by atoms with van der Waals surface area (Å²) in [5.41, 5.74) is 6.25. The summed E-state index contributed by atoms with van der Waals surface area (Å²) in [6, 6.07) is 33.2. The molecule has 0 aliphatic carbocycles. The van der Waals surface area contributed by atoms with E-state index in [2.05, 4.69) is 15.2 Å². The van der Waals surface area contributed by atoms with Gasteiger partial charge in [0.2, 0.25) is 0 Å². The number of aromatic nitrogens is 2. The Labute approximate surface area is 273 Å². The molecule has 4 aromatic carbocycles. The van der Waals surface area contributed by atoms with Crippen LogP contribution >= 0.6 is 0 Å². The van der Waals surface area contributed by atoms with E-state index in [0.29, 0.717) is 18.5 Å². The number of hydrogen-bond acceptors (Lipinski definition) is 6. The fraction of sp³-hybridized carbons (Fsp3) is 0.316. The fourth-order valence-electron chi connectivity index (χ4n) is 6.78. The Bertz CT molecular complexity index is 1840. The molecule has 0 bridgehead atoms. The van der Waals surface area contributed by atoms with Gasteiger partial charge >= 0.3 is 5.69 Å². The van der Waals surface area contributed by atoms with Crippen LogP contribution < -0.4 is 11.0 Å². The third-order valence-electron chi connectivity index (χ3n) is 9.36. The van der Waals surface area contributed by atoms with Gasteiger partial charge in [-0.3, -0.25) is 9.36 Å². The molecule has 1 amide bonds. The fourth-order valence-corrected chi connectivity index (χ4v) is 6.78. The van der Waals surface area contributed by atoms with Gasteiger partial charge in [-0.15, -0.1) is 0 Å². The third kappa shape index (κ3) is 7.08. The number of para-hydroxylation sites is 2. The maximum atomic E-state index is 12.8. The molecular weight excluding hydrogens is 592 g/mol. The number of carbonyl (C=O) groups is 1. The number of nitrogens with zero attached hydrogens (tertiary/aromatic N) is 2. The van der Waals surface area contributed by atoms with Crippen LogP contribution in [0.2, 0.25) is 0 Å². The van der Waals surface area contributed by atoms with Crippen molar-refractivity contribution >= 4 is 16.9 Å². The Balaban J connectivity index is 1.02. The molecule has 3 heterocycles. The number of aliphatic hydroxyl groups is 1. The number of hydrogen-bond donors (Lipinski definition) is 3. The van der Waals surface area contributed by atoms with Gasteiger partial charge in [0, 0.05) is 49.8 Å². The van der Waals surface area contributed by atoms with Crippen molar-refractivity contribution in [1.29, 1.82) is 0 Å². The first-order chi connectivity index (χ1) is 23.0. The van der Waals surface area contributed by atoms with Gasteiger partial charge in [0.1, 0.15) is 0 Å². The lowest BCUT2D eigenvalue weighted by Crippen LogP contribution is -2.43. The Morgan fingerprint density at radius 2 is 1.51 bits per heavy atom. The minimum atomic E-state index is -0.549. The van der Waals surface area contributed by atoms with Crippen LogP contribution in [0.5, 0.6) is 0 Å². The molecule has 7 rings (SSSR count). The number of piperidine rings is 1. The highest BCUT2D eigenvalue weighted by Crippen LogP contribution is 2.38. The number of carbonyl (C=O) groups excluding carboxylic acids is 1. The minimum Gasteiger partial charge on any atom is -0.392 e. The van der Waals surface area contributed by atoms with E-state index >= 15 is 0 Å². The van der Waals surface area contributed by atoms with Gasteiger partial charge in [-0.05, 0) is 53.8 Å². The predicted octanol–water partition coefficient (Wildman–Crippen LogP) is 5.63. The Kier molecular flexibility index (Phi) is 9.30. The average Bonchev–Trinajstić information content (AvgIpc) is 3.47. The molecule has 0 spiro atoms. The number of aromatic amines is 1. The van der Waals surface area contributed by atoms with Crippen molar-refractivity contribution < 1.29 is 19.4 Å². The molecule has 0 unspecified atom stereocenters. The lowest BCUT2D eigenvalue weighted by Gasteiger charge is -2.40.